The van der Waals surface area contributed by atoms with E-state index in [1.54, 1.807) is 0 Å². The number of hydrogen-bond donors (Lipinski definition) is 0. The molecule has 0 spiro atoms. The Kier molecular flexibility index (Phi) is 4.09. The summed E-state index contributed by atoms with van der Waals surface area (Å²) in [6, 6.07) is 6.03. The first-order valence-electron chi connectivity index (χ1n) is 7.13. The molecule has 10 heteroatoms. The second-order valence-electron chi connectivity index (χ2n) is 5.34. The highest BCUT2D eigenvalue weighted by atomic mass is 35.5. The van der Waals surface area contributed by atoms with Crippen molar-refractivity contribution in [1.82, 2.24) is 19.4 Å². The van der Waals surface area contributed by atoms with Gasteiger partial charge in [-0.25, -0.2) is 19.1 Å². The zero-order valence-corrected chi connectivity index (χ0v) is 14.0. The Labute approximate surface area is 145 Å². The summed E-state index contributed by atoms with van der Waals surface area (Å²) in [5, 5.41) is 8.95. The van der Waals surface area contributed by atoms with Crippen LogP contribution in [0.2, 0.25) is 5.02 Å². The largest absolute Gasteiger partial charge is 0.351 e. The molecule has 2 aromatic rings. The number of rotatable bonds is 2. The van der Waals surface area contributed by atoms with Gasteiger partial charge in [-0.05, 0) is 24.3 Å². The smallest absolute Gasteiger partial charge is 0.287 e. The van der Waals surface area contributed by atoms with Crippen molar-refractivity contribution in [2.45, 2.75) is 5.92 Å². The van der Waals surface area contributed by atoms with E-state index in [4.69, 9.17) is 11.6 Å². The third kappa shape index (κ3) is 2.78. The van der Waals surface area contributed by atoms with Crippen molar-refractivity contribution in [3.05, 3.63) is 55.8 Å². The lowest BCUT2D eigenvalue weighted by molar-refractivity contribution is -0.144. The van der Waals surface area contributed by atoms with Gasteiger partial charge in [0, 0.05) is 25.3 Å². The Morgan fingerprint density at radius 3 is 2.32 bits per heavy atom. The van der Waals surface area contributed by atoms with Crippen molar-refractivity contribution < 1.29 is 9.59 Å². The van der Waals surface area contributed by atoms with Gasteiger partial charge in [0.25, 0.3) is 5.56 Å². The molecule has 0 N–H and O–H groups in total. The van der Waals surface area contributed by atoms with Crippen molar-refractivity contribution >= 4 is 29.5 Å². The van der Waals surface area contributed by atoms with Gasteiger partial charge in [0.05, 0.1) is 5.69 Å². The molecule has 0 radical (unpaired) electrons. The SMILES string of the molecule is CN1N=CC(c2nn(C)c(=O)n(-c3ccc(Cl)cc3)c2=O)C(=O)C1=O. The summed E-state index contributed by atoms with van der Waals surface area (Å²) in [4.78, 5) is 49.1. The summed E-state index contributed by atoms with van der Waals surface area (Å²) in [7, 11) is 2.67. The second kappa shape index (κ2) is 6.10. The molecule has 2 heterocycles. The first kappa shape index (κ1) is 16.8. The van der Waals surface area contributed by atoms with Crippen LogP contribution in [-0.2, 0) is 16.6 Å². The molecule has 1 unspecified atom stereocenters. The summed E-state index contributed by atoms with van der Waals surface area (Å²) >= 11 is 5.82. The lowest BCUT2D eigenvalue weighted by atomic mass is 10.00. The van der Waals surface area contributed by atoms with E-state index in [0.29, 0.717) is 5.02 Å². The standard InChI is InChI=1S/C15H12ClN5O4/c1-19-14(24)12(22)10(7-17-19)11-13(23)21(15(25)20(2)18-11)9-5-3-8(16)4-6-9/h3-7,10H,1-2H3. The highest BCUT2D eigenvalue weighted by Crippen LogP contribution is 2.15. The van der Waals surface area contributed by atoms with Crippen LogP contribution in [0.15, 0.2) is 39.0 Å². The van der Waals surface area contributed by atoms with Crippen LogP contribution in [0.1, 0.15) is 11.6 Å². The van der Waals surface area contributed by atoms with Crippen LogP contribution in [0.5, 0.6) is 0 Å². The number of aromatic nitrogens is 3. The molecule has 0 fully saturated rings. The number of aryl methyl sites for hydroxylation is 1. The molecule has 1 aromatic carbocycles. The normalized spacial score (nSPS) is 17.2. The third-order valence-corrected chi connectivity index (χ3v) is 3.96. The average Bonchev–Trinajstić information content (AvgIpc) is 2.58. The maximum Gasteiger partial charge on any atom is 0.351 e. The average molecular weight is 362 g/mol. The van der Waals surface area contributed by atoms with Crippen LogP contribution < -0.4 is 11.2 Å². The van der Waals surface area contributed by atoms with Crippen LogP contribution in [0.3, 0.4) is 0 Å². The minimum Gasteiger partial charge on any atom is -0.287 e. The number of carbonyl (C=O) groups excluding carboxylic acids is 2. The van der Waals surface area contributed by atoms with Gasteiger partial charge in [0.1, 0.15) is 11.6 Å². The summed E-state index contributed by atoms with van der Waals surface area (Å²) in [6.07, 6.45) is 1.16. The Morgan fingerprint density at radius 2 is 1.68 bits per heavy atom. The number of halogens is 1. The van der Waals surface area contributed by atoms with Gasteiger partial charge < -0.3 is 0 Å². The summed E-state index contributed by atoms with van der Waals surface area (Å²) < 4.78 is 1.79. The monoisotopic (exact) mass is 361 g/mol. The fraction of sp³-hybridized carbons (Fsp3) is 0.200. The van der Waals surface area contributed by atoms with E-state index in [2.05, 4.69) is 10.2 Å². The minimum absolute atomic E-state index is 0.257. The summed E-state index contributed by atoms with van der Waals surface area (Å²) in [5.41, 5.74) is -1.48. The molecule has 25 heavy (non-hydrogen) atoms. The van der Waals surface area contributed by atoms with Crippen molar-refractivity contribution in [2.75, 3.05) is 7.05 Å². The van der Waals surface area contributed by atoms with Crippen LogP contribution in [0.4, 0.5) is 0 Å². The molecular weight excluding hydrogens is 350 g/mol. The molecule has 0 saturated carbocycles. The fourth-order valence-corrected chi connectivity index (χ4v) is 2.51. The number of hydrazone groups is 1. The quantitative estimate of drug-likeness (QED) is 0.682. The molecule has 1 aromatic heterocycles. The third-order valence-electron chi connectivity index (χ3n) is 3.70. The van der Waals surface area contributed by atoms with Gasteiger partial charge in [-0.1, -0.05) is 11.6 Å². The van der Waals surface area contributed by atoms with Gasteiger partial charge in [0.2, 0.25) is 5.78 Å². The van der Waals surface area contributed by atoms with E-state index in [1.165, 1.54) is 38.4 Å². The molecule has 0 saturated heterocycles. The van der Waals surface area contributed by atoms with Crippen molar-refractivity contribution in [3.8, 4) is 5.69 Å². The van der Waals surface area contributed by atoms with E-state index in [-0.39, 0.29) is 11.4 Å². The van der Waals surface area contributed by atoms with Gasteiger partial charge >= 0.3 is 11.6 Å². The number of benzene rings is 1. The highest BCUT2D eigenvalue weighted by Gasteiger charge is 2.35. The molecule has 0 bridgehead atoms. The first-order valence-corrected chi connectivity index (χ1v) is 7.51. The Morgan fingerprint density at radius 1 is 1.04 bits per heavy atom. The molecule has 128 valence electrons. The van der Waals surface area contributed by atoms with Gasteiger partial charge in [-0.3, -0.25) is 14.4 Å². The van der Waals surface area contributed by atoms with Gasteiger partial charge in [-0.15, -0.1) is 0 Å². The molecule has 0 aliphatic carbocycles. The van der Waals surface area contributed by atoms with Crippen LogP contribution in [0.25, 0.3) is 5.69 Å². The molecular formula is C15H12ClN5O4. The number of ketones is 1. The van der Waals surface area contributed by atoms with Gasteiger partial charge in [-0.2, -0.15) is 10.2 Å². The number of Topliss-reactive ketones (excluding diaryl/α,β-unsaturated/α-hetero) is 1. The number of carbonyl (C=O) groups is 2. The Balaban J connectivity index is 2.24. The van der Waals surface area contributed by atoms with E-state index in [0.717, 1.165) is 20.5 Å². The van der Waals surface area contributed by atoms with Gasteiger partial charge in [0.15, 0.2) is 0 Å². The molecule has 9 nitrogen and oxygen atoms in total. The maximum atomic E-state index is 12.8. The van der Waals surface area contributed by atoms with E-state index < -0.39 is 28.9 Å². The molecule has 3 rings (SSSR count). The molecule has 1 atom stereocenters. The zero-order chi connectivity index (χ0) is 18.3. The molecule has 1 aliphatic rings. The lowest BCUT2D eigenvalue weighted by Gasteiger charge is -2.19. The van der Waals surface area contributed by atoms with E-state index >= 15 is 0 Å². The predicted octanol–water partition coefficient (Wildman–Crippen LogP) is -0.305. The van der Waals surface area contributed by atoms with Crippen molar-refractivity contribution in [1.29, 1.82) is 0 Å². The molecule has 1 amide bonds. The van der Waals surface area contributed by atoms with E-state index in [9.17, 15) is 19.2 Å². The predicted molar refractivity (Wildman–Crippen MR) is 89.1 cm³/mol. The summed E-state index contributed by atoms with van der Waals surface area (Å²) in [5.74, 6) is -2.95. The first-order chi connectivity index (χ1) is 11.8. The fourth-order valence-electron chi connectivity index (χ4n) is 2.38. The second-order valence-corrected chi connectivity index (χ2v) is 5.78. The Bertz CT molecular complexity index is 1020. The van der Waals surface area contributed by atoms with Crippen LogP contribution in [0, 0.1) is 0 Å². The van der Waals surface area contributed by atoms with Crippen molar-refractivity contribution in [2.24, 2.45) is 12.1 Å². The zero-order valence-electron chi connectivity index (χ0n) is 13.2. The van der Waals surface area contributed by atoms with Crippen molar-refractivity contribution in [3.63, 3.8) is 0 Å². The number of amides is 1. The van der Waals surface area contributed by atoms with Crippen LogP contribution in [-0.4, -0.2) is 44.3 Å². The molecule has 1 aliphatic heterocycles. The maximum absolute atomic E-state index is 12.8. The number of nitrogens with zero attached hydrogens (tertiary/aromatic N) is 5. The number of likely N-dealkylation sites (N-methyl/N-ethyl adjacent to an activating group) is 1. The topological polar surface area (TPSA) is 107 Å². The number of hydrogen-bond acceptors (Lipinski definition) is 6. The van der Waals surface area contributed by atoms with Crippen LogP contribution >= 0.6 is 11.6 Å². The highest BCUT2D eigenvalue weighted by molar-refractivity contribution is 6.42. The lowest BCUT2D eigenvalue weighted by Crippen LogP contribution is -2.46. The minimum atomic E-state index is -1.25. The summed E-state index contributed by atoms with van der Waals surface area (Å²) in [6.45, 7) is 0. The Hall–Kier alpha value is -3.07. The van der Waals surface area contributed by atoms with E-state index in [1.807, 2.05) is 0 Å².